The molecule has 1 aromatic carbocycles. The molecule has 160 valence electrons. The predicted octanol–water partition coefficient (Wildman–Crippen LogP) is 4.27. The maximum Gasteiger partial charge on any atom is 0.387 e. The Morgan fingerprint density at radius 1 is 1.24 bits per heavy atom. The Morgan fingerprint density at radius 2 is 2.03 bits per heavy atom. The fraction of sp³-hybridized carbons (Fsp3) is 0.600. The van der Waals surface area contributed by atoms with Crippen LogP contribution in [0.3, 0.4) is 0 Å². The molecule has 1 saturated carbocycles. The van der Waals surface area contributed by atoms with Gasteiger partial charge in [0.1, 0.15) is 0 Å². The molecule has 0 aromatic heterocycles. The number of hydrogen-bond acceptors (Lipinski definition) is 5. The lowest BCUT2D eigenvalue weighted by Gasteiger charge is -2.20. The molecular formula is C20H25F3N2O3S. The minimum absolute atomic E-state index is 0.0589. The van der Waals surface area contributed by atoms with E-state index >= 15 is 0 Å². The van der Waals surface area contributed by atoms with Crippen molar-refractivity contribution in [1.29, 1.82) is 0 Å². The lowest BCUT2D eigenvalue weighted by molar-refractivity contribution is -0.136. The summed E-state index contributed by atoms with van der Waals surface area (Å²) in [6, 6.07) is 4.12. The Labute approximate surface area is 172 Å². The second kappa shape index (κ2) is 9.84. The summed E-state index contributed by atoms with van der Waals surface area (Å²) in [7, 11) is 0. The van der Waals surface area contributed by atoms with Gasteiger partial charge in [0.2, 0.25) is 11.8 Å². The molecule has 2 fully saturated rings. The third kappa shape index (κ3) is 6.12. The molecule has 1 unspecified atom stereocenters. The van der Waals surface area contributed by atoms with Gasteiger partial charge in [0, 0.05) is 18.1 Å². The second-order valence-corrected chi connectivity index (χ2v) is 8.45. The van der Waals surface area contributed by atoms with E-state index in [2.05, 4.69) is 14.8 Å². The first kappa shape index (κ1) is 22.0. The van der Waals surface area contributed by atoms with Crippen LogP contribution in [0.1, 0.15) is 56.9 Å². The minimum atomic E-state index is -3.06. The van der Waals surface area contributed by atoms with E-state index in [-0.39, 0.29) is 23.3 Å². The van der Waals surface area contributed by atoms with Gasteiger partial charge in [-0.1, -0.05) is 30.9 Å². The van der Waals surface area contributed by atoms with Gasteiger partial charge in [0.25, 0.3) is 0 Å². The lowest BCUT2D eigenvalue weighted by atomic mass is 9.92. The van der Waals surface area contributed by atoms with Crippen LogP contribution in [0.15, 0.2) is 18.2 Å². The second-order valence-electron chi connectivity index (χ2n) is 7.55. The van der Waals surface area contributed by atoms with Crippen LogP contribution in [0, 0.1) is 11.7 Å². The van der Waals surface area contributed by atoms with Crippen molar-refractivity contribution in [3.8, 4) is 5.75 Å². The number of amides is 2. The van der Waals surface area contributed by atoms with Gasteiger partial charge in [-0.15, -0.1) is 0 Å². The first-order valence-corrected chi connectivity index (χ1v) is 10.9. The maximum absolute atomic E-state index is 13.6. The number of piperidine rings is 1. The van der Waals surface area contributed by atoms with E-state index in [4.69, 9.17) is 0 Å². The van der Waals surface area contributed by atoms with Gasteiger partial charge in [-0.05, 0) is 49.8 Å². The van der Waals surface area contributed by atoms with E-state index in [1.54, 1.807) is 18.0 Å². The van der Waals surface area contributed by atoms with E-state index in [1.165, 1.54) is 6.07 Å². The number of unbranched alkanes of at least 4 members (excludes halogenated alkanes) is 2. The van der Waals surface area contributed by atoms with Crippen molar-refractivity contribution in [3.05, 3.63) is 29.6 Å². The number of ether oxygens (including phenoxy) is 1. The molecule has 29 heavy (non-hydrogen) atoms. The number of carbonyl (C=O) groups excluding carboxylic acids is 2. The molecule has 2 amide bonds. The van der Waals surface area contributed by atoms with E-state index < -0.39 is 18.2 Å². The number of imide groups is 1. The standard InChI is InChI=1S/C20H25F3N2O3S/c21-15-7-6-14(12-16(15)28-19(22)23)20(9-10-20)25-29-11-3-1-2-4-13-5-8-17(26)24-18(13)27/h6-7,12-13,19,25H,1-5,8-11H2,(H,24,26,27). The van der Waals surface area contributed by atoms with Gasteiger partial charge < -0.3 is 4.74 Å². The van der Waals surface area contributed by atoms with Crippen molar-refractivity contribution in [2.45, 2.75) is 63.5 Å². The topological polar surface area (TPSA) is 67.4 Å². The quantitative estimate of drug-likeness (QED) is 0.312. The average molecular weight is 430 g/mol. The number of alkyl halides is 2. The molecule has 0 bridgehead atoms. The van der Waals surface area contributed by atoms with Crippen LogP contribution in [0.4, 0.5) is 13.2 Å². The monoisotopic (exact) mass is 430 g/mol. The molecule has 2 aliphatic rings. The van der Waals surface area contributed by atoms with E-state index in [9.17, 15) is 22.8 Å². The van der Waals surface area contributed by atoms with Gasteiger partial charge in [0.05, 0.1) is 5.54 Å². The Bertz CT molecular complexity index is 744. The maximum atomic E-state index is 13.6. The van der Waals surface area contributed by atoms with Crippen LogP contribution in [-0.2, 0) is 15.1 Å². The molecule has 1 saturated heterocycles. The van der Waals surface area contributed by atoms with Crippen molar-refractivity contribution < 1.29 is 27.5 Å². The first-order chi connectivity index (χ1) is 13.9. The Kier molecular flexibility index (Phi) is 7.45. The molecule has 1 heterocycles. The van der Waals surface area contributed by atoms with Crippen LogP contribution in [0.2, 0.25) is 0 Å². The molecule has 3 rings (SSSR count). The summed E-state index contributed by atoms with van der Waals surface area (Å²) in [5.41, 5.74) is 0.436. The van der Waals surface area contributed by atoms with Gasteiger partial charge in [-0.3, -0.25) is 19.6 Å². The average Bonchev–Trinajstić information content (AvgIpc) is 3.45. The smallest absolute Gasteiger partial charge is 0.387 e. The molecule has 5 nitrogen and oxygen atoms in total. The van der Waals surface area contributed by atoms with E-state index in [1.807, 2.05) is 0 Å². The fourth-order valence-corrected chi connectivity index (χ4v) is 4.56. The highest BCUT2D eigenvalue weighted by atomic mass is 32.2. The highest BCUT2D eigenvalue weighted by Crippen LogP contribution is 2.48. The summed E-state index contributed by atoms with van der Waals surface area (Å²) in [6.45, 7) is -3.06. The molecule has 1 aromatic rings. The van der Waals surface area contributed by atoms with Crippen molar-refractivity contribution in [2.75, 3.05) is 5.75 Å². The normalized spacial score (nSPS) is 20.6. The van der Waals surface area contributed by atoms with Crippen molar-refractivity contribution >= 4 is 23.8 Å². The molecule has 0 spiro atoms. The van der Waals surface area contributed by atoms with Gasteiger partial charge in [-0.2, -0.15) is 8.78 Å². The minimum Gasteiger partial charge on any atom is -0.432 e. The lowest BCUT2D eigenvalue weighted by Crippen LogP contribution is -2.40. The molecular weight excluding hydrogens is 405 g/mol. The first-order valence-electron chi connectivity index (χ1n) is 9.87. The zero-order valence-corrected chi connectivity index (χ0v) is 16.8. The SMILES string of the molecule is O=C1CCC(CCCCCSNC2(c3ccc(F)c(OC(F)F)c3)CC2)C(=O)N1. The Hall–Kier alpha value is -1.74. The zero-order chi connectivity index (χ0) is 20.9. The van der Waals surface area contributed by atoms with Crippen LogP contribution < -0.4 is 14.8 Å². The van der Waals surface area contributed by atoms with E-state index in [0.717, 1.165) is 55.9 Å². The molecule has 0 radical (unpaired) electrons. The number of rotatable bonds is 11. The summed E-state index contributed by atoms with van der Waals surface area (Å²) in [5.74, 6) is -0.744. The van der Waals surface area contributed by atoms with Crippen LogP contribution >= 0.6 is 11.9 Å². The Balaban J connectivity index is 1.35. The van der Waals surface area contributed by atoms with Gasteiger partial charge >= 0.3 is 6.61 Å². The highest BCUT2D eigenvalue weighted by molar-refractivity contribution is 7.97. The van der Waals surface area contributed by atoms with Gasteiger partial charge in [0.15, 0.2) is 11.6 Å². The highest BCUT2D eigenvalue weighted by Gasteiger charge is 2.44. The van der Waals surface area contributed by atoms with Crippen molar-refractivity contribution in [3.63, 3.8) is 0 Å². The molecule has 9 heteroatoms. The number of hydrogen-bond donors (Lipinski definition) is 2. The predicted molar refractivity (Wildman–Crippen MR) is 104 cm³/mol. The number of carbonyl (C=O) groups is 2. The zero-order valence-electron chi connectivity index (χ0n) is 16.0. The molecule has 1 aliphatic heterocycles. The third-order valence-corrected chi connectivity index (χ3v) is 6.40. The van der Waals surface area contributed by atoms with Crippen LogP contribution in [0.25, 0.3) is 0 Å². The van der Waals surface area contributed by atoms with Crippen molar-refractivity contribution in [1.82, 2.24) is 10.0 Å². The molecule has 2 N–H and O–H groups in total. The van der Waals surface area contributed by atoms with Crippen molar-refractivity contribution in [2.24, 2.45) is 5.92 Å². The third-order valence-electron chi connectivity index (χ3n) is 5.37. The Morgan fingerprint density at radius 3 is 2.72 bits per heavy atom. The van der Waals surface area contributed by atoms with E-state index in [0.29, 0.717) is 12.8 Å². The largest absolute Gasteiger partial charge is 0.432 e. The fourth-order valence-electron chi connectivity index (χ4n) is 3.51. The van der Waals surface area contributed by atoms with Gasteiger partial charge in [-0.25, -0.2) is 4.39 Å². The summed E-state index contributed by atoms with van der Waals surface area (Å²) in [6.07, 6.45) is 6.47. The molecule has 1 aliphatic carbocycles. The number of benzene rings is 1. The summed E-state index contributed by atoms with van der Waals surface area (Å²) >= 11 is 1.57. The molecule has 1 atom stereocenters. The van der Waals surface area contributed by atoms with Crippen LogP contribution in [-0.4, -0.2) is 24.2 Å². The summed E-state index contributed by atoms with van der Waals surface area (Å²) in [5, 5.41) is 2.38. The van der Waals surface area contributed by atoms with Crippen LogP contribution in [0.5, 0.6) is 5.75 Å². The summed E-state index contributed by atoms with van der Waals surface area (Å²) < 4.78 is 46.1. The number of halogens is 3. The summed E-state index contributed by atoms with van der Waals surface area (Å²) in [4.78, 5) is 22.8. The number of nitrogens with one attached hydrogen (secondary N) is 2.